The van der Waals surface area contributed by atoms with Crippen molar-refractivity contribution in [2.45, 2.75) is 38.3 Å². The zero-order valence-corrected chi connectivity index (χ0v) is 15.3. The first-order valence-corrected chi connectivity index (χ1v) is 10.2. The molecular weight excluding hydrogens is 350 g/mol. The van der Waals surface area contributed by atoms with Crippen LogP contribution in [0, 0.1) is 11.3 Å². The molecule has 2 N–H and O–H groups in total. The molecule has 0 aliphatic carbocycles. The quantitative estimate of drug-likeness (QED) is 0.794. The van der Waals surface area contributed by atoms with Gasteiger partial charge >= 0.3 is 0 Å². The molecule has 0 aromatic heterocycles. The predicted octanol–water partition coefficient (Wildman–Crippen LogP) is 1.60. The summed E-state index contributed by atoms with van der Waals surface area (Å²) < 4.78 is 0. The molecule has 0 bridgehead atoms. The van der Waals surface area contributed by atoms with E-state index in [-0.39, 0.29) is 22.2 Å². The van der Waals surface area contributed by atoms with Crippen LogP contribution in [0.25, 0.3) is 0 Å². The Kier molecular flexibility index (Phi) is 5.52. The lowest BCUT2D eigenvalue weighted by Crippen LogP contribution is -2.41. The van der Waals surface area contributed by atoms with Crippen molar-refractivity contribution in [1.82, 2.24) is 4.90 Å². The second-order valence-electron chi connectivity index (χ2n) is 6.55. The summed E-state index contributed by atoms with van der Waals surface area (Å²) in [5.41, 5.74) is 6.46. The number of nitrogens with zero attached hydrogens (tertiary/aromatic N) is 2. The zero-order chi connectivity index (χ0) is 18.7. The van der Waals surface area contributed by atoms with Crippen molar-refractivity contribution in [2.24, 2.45) is 5.73 Å². The molecule has 0 saturated carbocycles. The van der Waals surface area contributed by atoms with Gasteiger partial charge in [0.15, 0.2) is 0 Å². The Balaban J connectivity index is 1.80. The minimum atomic E-state index is -0.555. The van der Waals surface area contributed by atoms with Gasteiger partial charge in [0.05, 0.1) is 6.04 Å². The van der Waals surface area contributed by atoms with Crippen molar-refractivity contribution in [2.75, 3.05) is 11.5 Å². The SMILES string of the molecule is N#CC(C(=O)C1CCC(=O)N1Cc1ccc(C(N)=O)cc1)=S1CCCC1. The van der Waals surface area contributed by atoms with Gasteiger partial charge in [-0.2, -0.15) is 15.7 Å². The maximum atomic E-state index is 12.9. The summed E-state index contributed by atoms with van der Waals surface area (Å²) in [4.78, 5) is 38.3. The van der Waals surface area contributed by atoms with Gasteiger partial charge in [0.2, 0.25) is 17.6 Å². The van der Waals surface area contributed by atoms with Crippen molar-refractivity contribution >= 4 is 32.9 Å². The third-order valence-electron chi connectivity index (χ3n) is 4.87. The lowest BCUT2D eigenvalue weighted by molar-refractivity contribution is -0.132. The number of amides is 2. The van der Waals surface area contributed by atoms with Crippen LogP contribution in [0.4, 0.5) is 0 Å². The Bertz CT molecular complexity index is 815. The summed E-state index contributed by atoms with van der Waals surface area (Å²) in [6.07, 6.45) is 2.89. The molecule has 1 aromatic rings. The highest BCUT2D eigenvalue weighted by molar-refractivity contribution is 8.17. The van der Waals surface area contributed by atoms with Gasteiger partial charge < -0.3 is 10.6 Å². The number of benzene rings is 1. The van der Waals surface area contributed by atoms with Crippen LogP contribution in [0.5, 0.6) is 0 Å². The Hall–Kier alpha value is -2.46. The Morgan fingerprint density at radius 1 is 1.23 bits per heavy atom. The van der Waals surface area contributed by atoms with Crippen molar-refractivity contribution in [3.05, 3.63) is 35.4 Å². The van der Waals surface area contributed by atoms with Crippen molar-refractivity contribution in [3.63, 3.8) is 0 Å². The molecule has 0 spiro atoms. The fraction of sp³-hybridized carbons (Fsp3) is 0.421. The normalized spacial score (nSPS) is 20.2. The standard InChI is InChI=1S/C19H21N3O3S/c20-11-16(26-9-1-2-10-26)18(24)15-7-8-17(23)22(15)12-13-3-5-14(6-4-13)19(21)25/h3-6,15H,1-2,7-10,12H2,(H2,21,25). The molecule has 136 valence electrons. The third-order valence-corrected chi connectivity index (χ3v) is 7.30. The van der Waals surface area contributed by atoms with Crippen LogP contribution in [0.3, 0.4) is 0 Å². The molecule has 26 heavy (non-hydrogen) atoms. The molecule has 0 radical (unpaired) electrons. The van der Waals surface area contributed by atoms with Gasteiger partial charge in [-0.3, -0.25) is 14.4 Å². The van der Waals surface area contributed by atoms with E-state index in [0.29, 0.717) is 29.8 Å². The molecule has 2 fully saturated rings. The topological polar surface area (TPSA) is 104 Å². The van der Waals surface area contributed by atoms with E-state index in [0.717, 1.165) is 29.9 Å². The molecule has 2 aliphatic rings. The van der Waals surface area contributed by atoms with Crippen LogP contribution < -0.4 is 5.73 Å². The molecule has 1 aromatic carbocycles. The van der Waals surface area contributed by atoms with Crippen molar-refractivity contribution in [3.8, 4) is 6.07 Å². The fourth-order valence-corrected chi connectivity index (χ4v) is 5.71. The Morgan fingerprint density at radius 3 is 2.46 bits per heavy atom. The van der Waals surface area contributed by atoms with E-state index < -0.39 is 11.9 Å². The summed E-state index contributed by atoms with van der Waals surface area (Å²) >= 11 is 0. The molecule has 1 atom stereocenters. The second kappa shape index (κ2) is 7.83. The molecule has 3 rings (SSSR count). The van der Waals surface area contributed by atoms with Gasteiger partial charge in [-0.25, -0.2) is 0 Å². The van der Waals surface area contributed by atoms with Crippen molar-refractivity contribution < 1.29 is 14.4 Å². The maximum Gasteiger partial charge on any atom is 0.248 e. The molecule has 7 heteroatoms. The average Bonchev–Trinajstić information content (AvgIpc) is 3.27. The number of rotatable bonds is 5. The number of hydrogen-bond donors (Lipinski definition) is 1. The van der Waals surface area contributed by atoms with Crippen molar-refractivity contribution in [1.29, 1.82) is 5.26 Å². The highest BCUT2D eigenvalue weighted by Gasteiger charge is 2.38. The first-order valence-electron chi connectivity index (χ1n) is 8.68. The van der Waals surface area contributed by atoms with Gasteiger partial charge in [0.25, 0.3) is 0 Å². The van der Waals surface area contributed by atoms with Crippen LogP contribution >= 0.6 is 10.5 Å². The predicted molar refractivity (Wildman–Crippen MR) is 101 cm³/mol. The molecule has 1 unspecified atom stereocenters. The minimum Gasteiger partial charge on any atom is -0.366 e. The number of ketones is 1. The number of Topliss-reactive ketones (excluding diaryl/α,β-unsaturated/α-hetero) is 1. The van der Waals surface area contributed by atoms with E-state index >= 15 is 0 Å². The van der Waals surface area contributed by atoms with E-state index in [1.165, 1.54) is 0 Å². The summed E-state index contributed by atoms with van der Waals surface area (Å²) in [5, 5.41) is 9.49. The number of hydrogen-bond acceptors (Lipinski definition) is 4. The van der Waals surface area contributed by atoms with Gasteiger partial charge in [0, 0.05) is 18.5 Å². The van der Waals surface area contributed by atoms with Crippen LogP contribution in [0.1, 0.15) is 41.6 Å². The average molecular weight is 371 g/mol. The van der Waals surface area contributed by atoms with E-state index in [1.54, 1.807) is 29.2 Å². The Morgan fingerprint density at radius 2 is 1.88 bits per heavy atom. The van der Waals surface area contributed by atoms with Gasteiger partial charge in [-0.15, -0.1) is 0 Å². The van der Waals surface area contributed by atoms with E-state index in [4.69, 9.17) is 5.73 Å². The molecule has 2 amide bonds. The van der Waals surface area contributed by atoms with Gasteiger partial charge in [0.1, 0.15) is 10.9 Å². The zero-order valence-electron chi connectivity index (χ0n) is 14.4. The number of nitrogens with two attached hydrogens (primary N) is 1. The van der Waals surface area contributed by atoms with Crippen LogP contribution in [-0.2, 0) is 16.1 Å². The molecule has 6 nitrogen and oxygen atoms in total. The highest BCUT2D eigenvalue weighted by Crippen LogP contribution is 2.30. The monoisotopic (exact) mass is 371 g/mol. The smallest absolute Gasteiger partial charge is 0.248 e. The largest absolute Gasteiger partial charge is 0.366 e. The first kappa shape index (κ1) is 18.3. The number of carbonyl (C=O) groups is 3. The van der Waals surface area contributed by atoms with Crippen LogP contribution in [-0.4, -0.2) is 44.9 Å². The lowest BCUT2D eigenvalue weighted by atomic mass is 10.1. The summed E-state index contributed by atoms with van der Waals surface area (Å²) in [6.45, 7) is 0.292. The highest BCUT2D eigenvalue weighted by atomic mass is 32.2. The molecular formula is C19H21N3O3S. The minimum absolute atomic E-state index is 0.0747. The first-order chi connectivity index (χ1) is 12.5. The fourth-order valence-electron chi connectivity index (χ4n) is 3.45. The second-order valence-corrected chi connectivity index (χ2v) is 8.76. The molecule has 2 heterocycles. The van der Waals surface area contributed by atoms with Gasteiger partial charge in [-0.1, -0.05) is 12.1 Å². The third kappa shape index (κ3) is 3.70. The lowest BCUT2D eigenvalue weighted by Gasteiger charge is -2.24. The number of likely N-dealkylation sites (tertiary alicyclic amines) is 1. The van der Waals surface area contributed by atoms with Crippen LogP contribution in [0.15, 0.2) is 24.3 Å². The molecule has 2 aliphatic heterocycles. The Labute approximate surface area is 154 Å². The van der Waals surface area contributed by atoms with Gasteiger partial charge in [-0.05, 0) is 48.5 Å². The maximum absolute atomic E-state index is 12.9. The summed E-state index contributed by atoms with van der Waals surface area (Å²) in [5.74, 6) is 1.05. The van der Waals surface area contributed by atoms with Crippen LogP contribution in [0.2, 0.25) is 0 Å². The number of nitriles is 1. The summed E-state index contributed by atoms with van der Waals surface area (Å²) in [6, 6.07) is 8.28. The van der Waals surface area contributed by atoms with E-state index in [9.17, 15) is 19.6 Å². The van der Waals surface area contributed by atoms with E-state index in [1.807, 2.05) is 0 Å². The number of primary amides is 1. The number of carbonyl (C=O) groups excluding carboxylic acids is 3. The summed E-state index contributed by atoms with van der Waals surface area (Å²) in [7, 11) is -0.256. The molecule has 2 saturated heterocycles. The van der Waals surface area contributed by atoms with E-state index in [2.05, 4.69) is 6.07 Å².